The topological polar surface area (TPSA) is 79.3 Å². The summed E-state index contributed by atoms with van der Waals surface area (Å²) in [5.41, 5.74) is 0.865. The van der Waals surface area contributed by atoms with Gasteiger partial charge in [-0.25, -0.2) is 0 Å². The van der Waals surface area contributed by atoms with Gasteiger partial charge in [0.05, 0.1) is 23.7 Å². The lowest BCUT2D eigenvalue weighted by molar-refractivity contribution is -0.137. The van der Waals surface area contributed by atoms with Crippen LogP contribution in [0.15, 0.2) is 36.7 Å². The number of benzene rings is 1. The average molecular weight is 400 g/mol. The van der Waals surface area contributed by atoms with Gasteiger partial charge in [-0.1, -0.05) is 29.8 Å². The Morgan fingerprint density at radius 3 is 3.07 bits per heavy atom. The van der Waals surface area contributed by atoms with Crippen molar-refractivity contribution in [3.8, 4) is 0 Å². The first kappa shape index (κ1) is 17.7. The molecule has 4 heterocycles. The van der Waals surface area contributed by atoms with Crippen molar-refractivity contribution >= 4 is 29.1 Å². The van der Waals surface area contributed by atoms with Crippen LogP contribution in [0.1, 0.15) is 24.8 Å². The number of anilines is 1. The first-order chi connectivity index (χ1) is 13.6. The summed E-state index contributed by atoms with van der Waals surface area (Å²) < 4.78 is 1.70. The van der Waals surface area contributed by atoms with E-state index in [1.807, 2.05) is 24.3 Å². The van der Waals surface area contributed by atoms with Crippen molar-refractivity contribution in [2.45, 2.75) is 37.4 Å². The van der Waals surface area contributed by atoms with Crippen LogP contribution in [0.2, 0.25) is 5.02 Å². The lowest BCUT2D eigenvalue weighted by Gasteiger charge is -2.36. The molecule has 1 aromatic heterocycles. The van der Waals surface area contributed by atoms with Crippen molar-refractivity contribution < 1.29 is 9.59 Å². The SMILES string of the molecule is O=C(NCCn1cc(Cl)cn1)[C@@H]1C[C@H]2CCCN2[C@]12C(=O)Nc1ccccc12. The molecule has 0 bridgehead atoms. The zero-order valence-electron chi connectivity index (χ0n) is 15.4. The van der Waals surface area contributed by atoms with E-state index in [9.17, 15) is 9.59 Å². The highest BCUT2D eigenvalue weighted by molar-refractivity contribution is 6.30. The van der Waals surface area contributed by atoms with Gasteiger partial charge < -0.3 is 10.6 Å². The number of aromatic nitrogens is 2. The highest BCUT2D eigenvalue weighted by Crippen LogP contribution is 2.55. The number of rotatable bonds is 4. The molecule has 2 N–H and O–H groups in total. The summed E-state index contributed by atoms with van der Waals surface area (Å²) >= 11 is 5.89. The minimum Gasteiger partial charge on any atom is -0.354 e. The van der Waals surface area contributed by atoms with E-state index in [0.717, 1.165) is 30.6 Å². The van der Waals surface area contributed by atoms with Crippen LogP contribution in [-0.4, -0.2) is 45.6 Å². The van der Waals surface area contributed by atoms with Gasteiger partial charge >= 0.3 is 0 Å². The predicted molar refractivity (Wildman–Crippen MR) is 105 cm³/mol. The second kappa shape index (κ2) is 6.60. The van der Waals surface area contributed by atoms with Crippen LogP contribution in [0.5, 0.6) is 0 Å². The molecule has 8 heteroatoms. The van der Waals surface area contributed by atoms with Crippen LogP contribution in [0.4, 0.5) is 5.69 Å². The van der Waals surface area contributed by atoms with Crippen molar-refractivity contribution in [3.05, 3.63) is 47.2 Å². The van der Waals surface area contributed by atoms with Gasteiger partial charge in [0.2, 0.25) is 11.8 Å². The van der Waals surface area contributed by atoms with Crippen LogP contribution >= 0.6 is 11.6 Å². The average Bonchev–Trinajstić information content (AvgIpc) is 3.41. The third-order valence-electron chi connectivity index (χ3n) is 6.33. The van der Waals surface area contributed by atoms with Crippen LogP contribution in [0.25, 0.3) is 0 Å². The summed E-state index contributed by atoms with van der Waals surface area (Å²) in [6.45, 7) is 1.83. The van der Waals surface area contributed by atoms with E-state index < -0.39 is 11.5 Å². The summed E-state index contributed by atoms with van der Waals surface area (Å²) in [4.78, 5) is 28.7. The van der Waals surface area contributed by atoms with Gasteiger partial charge in [0.1, 0.15) is 5.54 Å². The Bertz CT molecular complexity index is 944. The molecule has 7 nitrogen and oxygen atoms in total. The molecule has 1 spiro atoms. The molecule has 5 rings (SSSR count). The van der Waals surface area contributed by atoms with Gasteiger partial charge in [0, 0.05) is 30.0 Å². The van der Waals surface area contributed by atoms with Gasteiger partial charge in [0.15, 0.2) is 0 Å². The van der Waals surface area contributed by atoms with Gasteiger partial charge in [-0.2, -0.15) is 5.10 Å². The number of amides is 2. The second-order valence-electron chi connectivity index (χ2n) is 7.76. The second-order valence-corrected chi connectivity index (χ2v) is 8.19. The quantitative estimate of drug-likeness (QED) is 0.824. The maximum Gasteiger partial charge on any atom is 0.250 e. The molecule has 2 saturated heterocycles. The first-order valence-electron chi connectivity index (χ1n) is 9.74. The lowest BCUT2D eigenvalue weighted by atomic mass is 9.78. The molecular formula is C20H22ClN5O2. The molecule has 3 aliphatic heterocycles. The molecule has 3 aliphatic rings. The number of nitrogens with one attached hydrogen (secondary N) is 2. The third-order valence-corrected chi connectivity index (χ3v) is 6.53. The minimum absolute atomic E-state index is 0.0699. The maximum absolute atomic E-state index is 13.2. The van der Waals surface area contributed by atoms with Gasteiger partial charge in [-0.05, 0) is 31.9 Å². The molecule has 0 saturated carbocycles. The number of hydrogen-bond donors (Lipinski definition) is 2. The zero-order valence-corrected chi connectivity index (χ0v) is 16.2. The van der Waals surface area contributed by atoms with E-state index >= 15 is 0 Å². The Balaban J connectivity index is 1.42. The normalized spacial score (nSPS) is 28.4. The van der Waals surface area contributed by atoms with Crippen molar-refractivity contribution in [1.82, 2.24) is 20.0 Å². The molecule has 146 valence electrons. The number of fused-ring (bicyclic) bond motifs is 4. The number of nitrogens with zero attached hydrogens (tertiary/aromatic N) is 3. The Morgan fingerprint density at radius 1 is 1.39 bits per heavy atom. The van der Waals surface area contributed by atoms with E-state index in [2.05, 4.69) is 20.6 Å². The smallest absolute Gasteiger partial charge is 0.250 e. The molecule has 2 amide bonds. The van der Waals surface area contributed by atoms with E-state index in [1.54, 1.807) is 17.1 Å². The largest absolute Gasteiger partial charge is 0.354 e. The van der Waals surface area contributed by atoms with Gasteiger partial charge in [-0.3, -0.25) is 19.2 Å². The molecule has 3 atom stereocenters. The van der Waals surface area contributed by atoms with Crippen molar-refractivity contribution in [3.63, 3.8) is 0 Å². The molecule has 2 fully saturated rings. The van der Waals surface area contributed by atoms with Crippen LogP contribution in [0, 0.1) is 5.92 Å². The number of hydrogen-bond acceptors (Lipinski definition) is 4. The Kier molecular flexibility index (Phi) is 4.17. The molecule has 0 radical (unpaired) electrons. The van der Waals surface area contributed by atoms with Crippen molar-refractivity contribution in [1.29, 1.82) is 0 Å². The summed E-state index contributed by atoms with van der Waals surface area (Å²) in [5.74, 6) is -0.542. The first-order valence-corrected chi connectivity index (χ1v) is 10.1. The Labute approximate surface area is 168 Å². The van der Waals surface area contributed by atoms with E-state index in [-0.39, 0.29) is 17.9 Å². The Hall–Kier alpha value is -2.38. The monoisotopic (exact) mass is 399 g/mol. The summed E-state index contributed by atoms with van der Waals surface area (Å²) in [6.07, 6.45) is 6.11. The predicted octanol–water partition coefficient (Wildman–Crippen LogP) is 1.98. The lowest BCUT2D eigenvalue weighted by Crippen LogP contribution is -2.54. The fraction of sp³-hybridized carbons (Fsp3) is 0.450. The van der Waals surface area contributed by atoms with Crippen LogP contribution in [0.3, 0.4) is 0 Å². The highest BCUT2D eigenvalue weighted by Gasteiger charge is 2.65. The summed E-state index contributed by atoms with van der Waals surface area (Å²) in [5, 5.41) is 10.7. The third kappa shape index (κ3) is 2.49. The fourth-order valence-corrected chi connectivity index (χ4v) is 5.41. The van der Waals surface area contributed by atoms with Gasteiger partial charge in [-0.15, -0.1) is 0 Å². The summed E-state index contributed by atoms with van der Waals surface area (Å²) in [6, 6.07) is 8.04. The van der Waals surface area contributed by atoms with E-state index in [0.29, 0.717) is 24.5 Å². The van der Waals surface area contributed by atoms with Gasteiger partial charge in [0.25, 0.3) is 0 Å². The van der Waals surface area contributed by atoms with Crippen LogP contribution < -0.4 is 10.6 Å². The van der Waals surface area contributed by atoms with Crippen molar-refractivity contribution in [2.75, 3.05) is 18.4 Å². The number of carbonyl (C=O) groups excluding carboxylic acids is 2. The number of para-hydroxylation sites is 1. The maximum atomic E-state index is 13.2. The summed E-state index contributed by atoms with van der Waals surface area (Å²) in [7, 11) is 0. The number of carbonyl (C=O) groups is 2. The number of halogens is 1. The fourth-order valence-electron chi connectivity index (χ4n) is 5.26. The molecule has 28 heavy (non-hydrogen) atoms. The van der Waals surface area contributed by atoms with Crippen molar-refractivity contribution in [2.24, 2.45) is 5.92 Å². The van der Waals surface area contributed by atoms with Crippen LogP contribution in [-0.2, 0) is 21.7 Å². The molecule has 0 unspecified atom stereocenters. The zero-order chi connectivity index (χ0) is 19.3. The minimum atomic E-state index is -0.892. The van der Waals surface area contributed by atoms with E-state index in [4.69, 9.17) is 11.6 Å². The Morgan fingerprint density at radius 2 is 2.25 bits per heavy atom. The standard InChI is InChI=1S/C20H22ClN5O2/c21-13-11-23-25(12-13)9-7-22-18(27)16-10-14-4-3-8-26(14)20(16)15-5-1-2-6-17(15)24-19(20)28/h1-2,5-6,11-12,14,16H,3-4,7-10H2,(H,22,27)(H,24,28)/t14-,16+,20+/m1/s1. The molecule has 0 aliphatic carbocycles. The molecule has 1 aromatic carbocycles. The molecule has 2 aromatic rings. The highest BCUT2D eigenvalue weighted by atomic mass is 35.5. The van der Waals surface area contributed by atoms with E-state index in [1.165, 1.54) is 0 Å². The molecular weight excluding hydrogens is 378 g/mol.